The SMILES string of the molecule is CC(C)N1CCC(N2CCC(C3CCCN3)CC2)CC1. The molecule has 3 nitrogen and oxygen atoms in total. The van der Waals surface area contributed by atoms with Gasteiger partial charge in [0.25, 0.3) is 0 Å². The number of nitrogens with one attached hydrogen (secondary N) is 1. The van der Waals surface area contributed by atoms with Crippen LogP contribution in [-0.4, -0.2) is 60.6 Å². The van der Waals surface area contributed by atoms with E-state index >= 15 is 0 Å². The molecule has 1 N–H and O–H groups in total. The van der Waals surface area contributed by atoms with Crippen LogP contribution in [0.2, 0.25) is 0 Å². The molecule has 0 bridgehead atoms. The van der Waals surface area contributed by atoms with Crippen molar-refractivity contribution in [2.75, 3.05) is 32.7 Å². The molecule has 0 saturated carbocycles. The number of hydrogen-bond donors (Lipinski definition) is 1. The number of nitrogens with zero attached hydrogens (tertiary/aromatic N) is 2. The van der Waals surface area contributed by atoms with Gasteiger partial charge in [0, 0.05) is 18.1 Å². The second kappa shape index (κ2) is 6.76. The number of piperidine rings is 2. The molecular formula is C17H33N3. The minimum atomic E-state index is 0.732. The Bertz CT molecular complexity index is 283. The van der Waals surface area contributed by atoms with Crippen LogP contribution in [0.5, 0.6) is 0 Å². The van der Waals surface area contributed by atoms with Gasteiger partial charge in [0.2, 0.25) is 0 Å². The Morgan fingerprint density at radius 3 is 2.15 bits per heavy atom. The smallest absolute Gasteiger partial charge is 0.0120 e. The van der Waals surface area contributed by atoms with Gasteiger partial charge in [-0.3, -0.25) is 0 Å². The molecule has 3 fully saturated rings. The third kappa shape index (κ3) is 3.37. The lowest BCUT2D eigenvalue weighted by atomic mass is 9.87. The number of hydrogen-bond acceptors (Lipinski definition) is 3. The molecule has 116 valence electrons. The maximum absolute atomic E-state index is 3.71. The highest BCUT2D eigenvalue weighted by atomic mass is 15.2. The molecule has 3 aliphatic rings. The van der Waals surface area contributed by atoms with Crippen molar-refractivity contribution in [2.24, 2.45) is 5.92 Å². The highest BCUT2D eigenvalue weighted by Crippen LogP contribution is 2.28. The first-order chi connectivity index (χ1) is 9.74. The van der Waals surface area contributed by atoms with E-state index in [1.165, 1.54) is 71.2 Å². The molecule has 3 heterocycles. The van der Waals surface area contributed by atoms with E-state index in [1.54, 1.807) is 0 Å². The van der Waals surface area contributed by atoms with Gasteiger partial charge in [-0.15, -0.1) is 0 Å². The van der Waals surface area contributed by atoms with Crippen LogP contribution in [0, 0.1) is 5.92 Å². The molecule has 0 spiro atoms. The van der Waals surface area contributed by atoms with Crippen LogP contribution in [0.4, 0.5) is 0 Å². The van der Waals surface area contributed by atoms with Gasteiger partial charge in [0.05, 0.1) is 0 Å². The predicted octanol–water partition coefficient (Wildman–Crippen LogP) is 2.32. The van der Waals surface area contributed by atoms with Crippen LogP contribution >= 0.6 is 0 Å². The molecule has 0 aromatic carbocycles. The van der Waals surface area contributed by atoms with E-state index in [2.05, 4.69) is 29.0 Å². The first-order valence-electron chi connectivity index (χ1n) is 8.95. The molecule has 0 amide bonds. The molecular weight excluding hydrogens is 246 g/mol. The molecule has 0 aliphatic carbocycles. The van der Waals surface area contributed by atoms with Gasteiger partial charge in [-0.2, -0.15) is 0 Å². The van der Waals surface area contributed by atoms with Crippen molar-refractivity contribution in [3.8, 4) is 0 Å². The second-order valence-corrected chi connectivity index (χ2v) is 7.44. The minimum absolute atomic E-state index is 0.732. The van der Waals surface area contributed by atoms with E-state index in [4.69, 9.17) is 0 Å². The topological polar surface area (TPSA) is 18.5 Å². The van der Waals surface area contributed by atoms with Crippen molar-refractivity contribution in [3.63, 3.8) is 0 Å². The summed E-state index contributed by atoms with van der Waals surface area (Å²) in [6.07, 6.45) is 8.48. The molecule has 0 aromatic rings. The van der Waals surface area contributed by atoms with Crippen LogP contribution in [0.15, 0.2) is 0 Å². The summed E-state index contributed by atoms with van der Waals surface area (Å²) in [4.78, 5) is 5.45. The van der Waals surface area contributed by atoms with Crippen molar-refractivity contribution in [1.29, 1.82) is 0 Å². The average molecular weight is 279 g/mol. The van der Waals surface area contributed by atoms with Crippen LogP contribution in [0.1, 0.15) is 52.4 Å². The normalized spacial score (nSPS) is 32.2. The van der Waals surface area contributed by atoms with E-state index in [0.29, 0.717) is 0 Å². The van der Waals surface area contributed by atoms with Crippen LogP contribution in [0.3, 0.4) is 0 Å². The summed E-state index contributed by atoms with van der Waals surface area (Å²) in [5.41, 5.74) is 0. The lowest BCUT2D eigenvalue weighted by Gasteiger charge is -2.43. The summed E-state index contributed by atoms with van der Waals surface area (Å²) in [6.45, 7) is 11.3. The Hall–Kier alpha value is -0.120. The Balaban J connectivity index is 1.42. The molecule has 1 atom stereocenters. The van der Waals surface area contributed by atoms with Gasteiger partial charge in [-0.1, -0.05) is 0 Å². The first kappa shape index (κ1) is 14.8. The van der Waals surface area contributed by atoms with E-state index in [9.17, 15) is 0 Å². The van der Waals surface area contributed by atoms with Crippen molar-refractivity contribution in [2.45, 2.75) is 70.5 Å². The summed E-state index contributed by atoms with van der Waals surface area (Å²) >= 11 is 0. The predicted molar refractivity (Wildman–Crippen MR) is 85.1 cm³/mol. The number of rotatable bonds is 3. The molecule has 0 radical (unpaired) electrons. The van der Waals surface area contributed by atoms with Crippen molar-refractivity contribution in [1.82, 2.24) is 15.1 Å². The van der Waals surface area contributed by atoms with Gasteiger partial charge in [-0.05, 0) is 91.0 Å². The molecule has 3 heteroatoms. The quantitative estimate of drug-likeness (QED) is 0.855. The summed E-state index contributed by atoms with van der Waals surface area (Å²) < 4.78 is 0. The molecule has 1 unspecified atom stereocenters. The molecule has 3 saturated heterocycles. The van der Waals surface area contributed by atoms with E-state index in [1.807, 2.05) is 0 Å². The molecule has 3 aliphatic heterocycles. The fourth-order valence-electron chi connectivity index (χ4n) is 4.57. The van der Waals surface area contributed by atoms with Crippen LogP contribution < -0.4 is 5.32 Å². The number of likely N-dealkylation sites (tertiary alicyclic amines) is 2. The fraction of sp³-hybridized carbons (Fsp3) is 1.00. The minimum Gasteiger partial charge on any atom is -0.314 e. The van der Waals surface area contributed by atoms with Crippen molar-refractivity contribution < 1.29 is 0 Å². The molecule has 20 heavy (non-hydrogen) atoms. The summed E-state index contributed by atoms with van der Waals surface area (Å²) in [5.74, 6) is 0.963. The van der Waals surface area contributed by atoms with Gasteiger partial charge in [0.1, 0.15) is 0 Å². The van der Waals surface area contributed by atoms with Gasteiger partial charge < -0.3 is 15.1 Å². The zero-order chi connectivity index (χ0) is 13.9. The highest BCUT2D eigenvalue weighted by Gasteiger charge is 2.32. The average Bonchev–Trinajstić information content (AvgIpc) is 3.02. The lowest BCUT2D eigenvalue weighted by Crippen LogP contribution is -2.50. The maximum atomic E-state index is 3.71. The van der Waals surface area contributed by atoms with Gasteiger partial charge in [0.15, 0.2) is 0 Å². The summed E-state index contributed by atoms with van der Waals surface area (Å²) in [6, 6.07) is 2.46. The third-order valence-corrected chi connectivity index (χ3v) is 5.99. The third-order valence-electron chi connectivity index (χ3n) is 5.99. The van der Waals surface area contributed by atoms with Gasteiger partial charge in [-0.25, -0.2) is 0 Å². The van der Waals surface area contributed by atoms with E-state index < -0.39 is 0 Å². The monoisotopic (exact) mass is 279 g/mol. The highest BCUT2D eigenvalue weighted by molar-refractivity contribution is 4.89. The fourth-order valence-corrected chi connectivity index (χ4v) is 4.57. The van der Waals surface area contributed by atoms with E-state index in [-0.39, 0.29) is 0 Å². The van der Waals surface area contributed by atoms with Crippen molar-refractivity contribution >= 4 is 0 Å². The maximum Gasteiger partial charge on any atom is 0.0120 e. The summed E-state index contributed by atoms with van der Waals surface area (Å²) in [5, 5.41) is 3.71. The first-order valence-corrected chi connectivity index (χ1v) is 8.95. The standard InChI is InChI=1S/C17H33N3/c1-14(2)19-12-7-16(8-13-19)20-10-5-15(6-11-20)17-4-3-9-18-17/h14-18H,3-13H2,1-2H3. The Kier molecular flexibility index (Phi) is 5.00. The van der Waals surface area contributed by atoms with Crippen LogP contribution in [-0.2, 0) is 0 Å². The van der Waals surface area contributed by atoms with E-state index in [0.717, 1.165) is 24.0 Å². The Labute approximate surface area is 125 Å². The zero-order valence-corrected chi connectivity index (χ0v) is 13.5. The molecule has 0 aromatic heterocycles. The van der Waals surface area contributed by atoms with Gasteiger partial charge >= 0.3 is 0 Å². The Morgan fingerprint density at radius 2 is 1.60 bits per heavy atom. The molecule has 3 rings (SSSR count). The Morgan fingerprint density at radius 1 is 0.900 bits per heavy atom. The second-order valence-electron chi connectivity index (χ2n) is 7.44. The van der Waals surface area contributed by atoms with Crippen molar-refractivity contribution in [3.05, 3.63) is 0 Å². The van der Waals surface area contributed by atoms with Crippen LogP contribution in [0.25, 0.3) is 0 Å². The summed E-state index contributed by atoms with van der Waals surface area (Å²) in [7, 11) is 0. The lowest BCUT2D eigenvalue weighted by molar-refractivity contribution is 0.0623. The largest absolute Gasteiger partial charge is 0.314 e. The zero-order valence-electron chi connectivity index (χ0n) is 13.5.